The number of aliphatic hydroxyl groups excluding tert-OH is 3. The van der Waals surface area contributed by atoms with Crippen LogP contribution in [0.4, 0.5) is 0 Å². The lowest BCUT2D eigenvalue weighted by Gasteiger charge is -2.43. The van der Waals surface area contributed by atoms with Gasteiger partial charge in [-0.25, -0.2) is 14.8 Å². The van der Waals surface area contributed by atoms with E-state index < -0.39 is 125 Å². The first-order valence-electron chi connectivity index (χ1n) is 26.6. The molecule has 3 fully saturated rings. The smallest absolute Gasteiger partial charge is 0.420 e. The van der Waals surface area contributed by atoms with Crippen LogP contribution in [-0.2, 0) is 57.2 Å². The van der Waals surface area contributed by atoms with E-state index in [4.69, 9.17) is 28.4 Å². The molecule has 2 saturated heterocycles. The molecule has 0 aromatic rings. The summed E-state index contributed by atoms with van der Waals surface area (Å²) in [6, 6.07) is -1.59. The number of nitrogens with zero attached hydrogens (tertiary/aromatic N) is 1. The Morgan fingerprint density at radius 1 is 0.865 bits per heavy atom. The molecule has 0 spiro atoms. The number of piperidine rings is 1. The Hall–Kier alpha value is -3.82. The molecule has 4 rings (SSSR count). The number of fused-ring (bicyclic) bond motifs is 3. The van der Waals surface area contributed by atoms with Crippen LogP contribution < -0.4 is 0 Å². The lowest BCUT2D eigenvalue weighted by molar-refractivity contribution is -1.05. The minimum Gasteiger partial charge on any atom is -0.459 e. The molecule has 3 aliphatic heterocycles. The van der Waals surface area contributed by atoms with E-state index in [9.17, 15) is 54.4 Å². The normalized spacial score (nSPS) is 37.9. The summed E-state index contributed by atoms with van der Waals surface area (Å²) in [6.07, 6.45) is 8.21. The van der Waals surface area contributed by atoms with Crippen molar-refractivity contribution in [1.82, 2.24) is 0 Å². The lowest BCUT2D eigenvalue weighted by atomic mass is 9.78. The van der Waals surface area contributed by atoms with E-state index in [-0.39, 0.29) is 55.6 Å². The molecule has 1 amide bonds. The quantitative estimate of drug-likeness (QED) is 0.0584. The van der Waals surface area contributed by atoms with Crippen molar-refractivity contribution in [2.24, 2.45) is 40.9 Å². The number of hydrogen-bond acceptors (Lipinski definition) is 17. The lowest BCUT2D eigenvalue weighted by Crippen LogP contribution is -2.68. The van der Waals surface area contributed by atoms with E-state index >= 15 is 0 Å². The fraction of sp³-hybridized carbons (Fsp3) is 0.750. The van der Waals surface area contributed by atoms with Crippen molar-refractivity contribution >= 4 is 35.2 Å². The molecular formula is C56H88NO17+. The number of cyclic esters (lactones) is 1. The molecule has 0 aromatic heterocycles. The predicted octanol–water partition coefficient (Wildman–Crippen LogP) is 5.63. The van der Waals surface area contributed by atoms with Crippen LogP contribution >= 0.6 is 0 Å². The summed E-state index contributed by atoms with van der Waals surface area (Å²) in [5, 5.41) is 55.4. The Bertz CT molecular complexity index is 2060. The van der Waals surface area contributed by atoms with Crippen molar-refractivity contribution in [3.05, 3.63) is 47.6 Å². The number of ketones is 3. The van der Waals surface area contributed by atoms with Gasteiger partial charge in [0.1, 0.15) is 42.2 Å². The van der Waals surface area contributed by atoms with Crippen LogP contribution in [0.2, 0.25) is 0 Å². The van der Waals surface area contributed by atoms with Gasteiger partial charge in [-0.1, -0.05) is 71.1 Å². The monoisotopic (exact) mass is 1050 g/mol. The number of Topliss-reactive ketones (excluding diaryl/α,β-unsaturated/α-hetero) is 3. The Morgan fingerprint density at radius 2 is 1.55 bits per heavy atom. The van der Waals surface area contributed by atoms with E-state index in [0.717, 1.165) is 5.57 Å². The van der Waals surface area contributed by atoms with Crippen molar-refractivity contribution in [2.45, 2.75) is 187 Å². The molecule has 74 heavy (non-hydrogen) atoms. The topological polar surface area (TPSA) is 259 Å². The molecule has 2 bridgehead atoms. The van der Waals surface area contributed by atoms with E-state index in [2.05, 4.69) is 0 Å². The molecule has 16 unspecified atom stereocenters. The maximum atomic E-state index is 14.6. The first-order chi connectivity index (χ1) is 34.8. The minimum atomic E-state index is -2.63. The second kappa shape index (κ2) is 28.0. The number of ether oxygens (including phenoxy) is 6. The molecule has 18 heteroatoms. The van der Waals surface area contributed by atoms with Crippen LogP contribution in [0.5, 0.6) is 0 Å². The number of quaternary nitrogens is 1. The van der Waals surface area contributed by atoms with Crippen molar-refractivity contribution in [2.75, 3.05) is 41.1 Å². The van der Waals surface area contributed by atoms with Gasteiger partial charge in [-0.05, 0) is 101 Å². The maximum Gasteiger partial charge on any atom is 0.420 e. The van der Waals surface area contributed by atoms with Gasteiger partial charge >= 0.3 is 23.6 Å². The van der Waals surface area contributed by atoms with E-state index in [1.807, 2.05) is 51.2 Å². The van der Waals surface area contributed by atoms with Gasteiger partial charge < -0.3 is 48.8 Å². The predicted molar refractivity (Wildman–Crippen MR) is 271 cm³/mol. The molecule has 0 aromatic carbocycles. The third kappa shape index (κ3) is 15.4. The summed E-state index contributed by atoms with van der Waals surface area (Å²) < 4.78 is 33.6. The molecule has 0 radical (unpaired) electrons. The van der Waals surface area contributed by atoms with E-state index in [1.165, 1.54) is 28.3 Å². The van der Waals surface area contributed by atoms with Gasteiger partial charge in [0, 0.05) is 64.8 Å². The van der Waals surface area contributed by atoms with Crippen LogP contribution in [0.3, 0.4) is 0 Å². The van der Waals surface area contributed by atoms with Crippen molar-refractivity contribution in [3.63, 3.8) is 0 Å². The fourth-order valence-electron chi connectivity index (χ4n) is 10.9. The zero-order valence-electron chi connectivity index (χ0n) is 45.7. The summed E-state index contributed by atoms with van der Waals surface area (Å²) in [6.45, 7) is 12.1. The van der Waals surface area contributed by atoms with Gasteiger partial charge in [0.25, 0.3) is 0 Å². The summed E-state index contributed by atoms with van der Waals surface area (Å²) in [7, 11) is 4.37. The van der Waals surface area contributed by atoms with Gasteiger partial charge in [0.15, 0.2) is 5.78 Å². The maximum absolute atomic E-state index is 14.6. The minimum absolute atomic E-state index is 0.0230. The number of carbonyl (C=O) groups excluding carboxylic acids is 6. The van der Waals surface area contributed by atoms with Crippen molar-refractivity contribution in [3.8, 4) is 0 Å². The number of rotatable bonds is 10. The molecule has 16 atom stereocenters. The summed E-state index contributed by atoms with van der Waals surface area (Å²) in [5.41, 5.74) is -0.364. The van der Waals surface area contributed by atoms with Crippen LogP contribution in [0.1, 0.15) is 132 Å². The number of methoxy groups -OCH3 is 3. The van der Waals surface area contributed by atoms with Crippen LogP contribution in [-0.4, -0.2) is 161 Å². The third-order valence-electron chi connectivity index (χ3n) is 16.2. The summed E-state index contributed by atoms with van der Waals surface area (Å²) in [4.78, 5) is 84.5. The average molecular weight is 1050 g/mol. The zero-order valence-corrected chi connectivity index (χ0v) is 45.7. The van der Waals surface area contributed by atoms with Crippen LogP contribution in [0.25, 0.3) is 0 Å². The largest absolute Gasteiger partial charge is 0.459 e. The molecule has 4 aliphatic rings. The second-order valence-electron chi connectivity index (χ2n) is 22.2. The molecule has 5 N–H and O–H groups in total. The van der Waals surface area contributed by atoms with Gasteiger partial charge in [-0.3, -0.25) is 19.2 Å². The van der Waals surface area contributed by atoms with Crippen molar-refractivity contribution in [1.29, 1.82) is 0 Å². The summed E-state index contributed by atoms with van der Waals surface area (Å²) >= 11 is 0. The molecular weight excluding hydrogens is 959 g/mol. The standard InChI is InChI=1S/C56H88NO17/c1-33-17-13-12-14-18-34(2)45(69-9)29-41-22-20-39(7)56(67,74-41)51(63)52(64)57(68)24-16-15-19-42(57)53(65)72-46(30-43(60)35(3)26-38(6)49(62)50(71-11)48(61)37(5)25-33)36(4)27-40-21-23-44(47(28-40)70-10)73-54(66)55(8,31-58)32-59/h12-14,17-18,26,33,35-37,39-42,44-47,49-50,58-59,62,67-68H,15-16,19-25,27-32H2,1-11H3/q+1/b14-12?,17-13+,34-18?,38-26+. The number of carbonyl (C=O) groups is 6. The Morgan fingerprint density at radius 3 is 2.19 bits per heavy atom. The van der Waals surface area contributed by atoms with Gasteiger partial charge in [0.2, 0.25) is 11.8 Å². The van der Waals surface area contributed by atoms with Gasteiger partial charge in [-0.15, -0.1) is 4.65 Å². The Kier molecular flexibility index (Phi) is 23.7. The first kappa shape index (κ1) is 62.7. The first-order valence-corrected chi connectivity index (χ1v) is 26.6. The van der Waals surface area contributed by atoms with E-state index in [0.29, 0.717) is 56.9 Å². The number of aliphatic hydroxyl groups is 4. The third-order valence-corrected chi connectivity index (χ3v) is 16.2. The molecule has 3 heterocycles. The van der Waals surface area contributed by atoms with Gasteiger partial charge in [-0.2, -0.15) is 0 Å². The molecule has 1 aliphatic carbocycles. The van der Waals surface area contributed by atoms with Crippen LogP contribution in [0, 0.1) is 40.9 Å². The number of hydrogen-bond donors (Lipinski definition) is 5. The van der Waals surface area contributed by atoms with Crippen molar-refractivity contribution < 1.29 is 87.5 Å². The highest BCUT2D eigenvalue weighted by molar-refractivity contribution is 6.36. The van der Waals surface area contributed by atoms with Gasteiger partial charge in [0.05, 0.1) is 31.5 Å². The SMILES string of the molecule is COC1CC2CCC(C)C(O)(O2)C(=O)C(=O)[N+]2(O)CCCCC2C(=O)OC(C(C)CC2CCC(OC(=O)C(C)(CO)CO)C(OC)C2)CC(=O)C(C)/C=C(\C)C(O)C(OC)C(=O)C(C)CC(C)/C=C/C=CC=C1C. The second-order valence-corrected chi connectivity index (χ2v) is 22.2. The average Bonchev–Trinajstić information content (AvgIpc) is 3.37. The number of esters is 2. The highest BCUT2D eigenvalue weighted by Gasteiger charge is 2.61. The highest BCUT2D eigenvalue weighted by atomic mass is 16.6. The van der Waals surface area contributed by atoms with Crippen LogP contribution in [0.15, 0.2) is 47.6 Å². The van der Waals surface area contributed by atoms with E-state index in [1.54, 1.807) is 33.8 Å². The molecule has 418 valence electrons. The number of hydroxylamine groups is 3. The number of allylic oxidation sites excluding steroid dienone is 6. The fourth-order valence-corrected chi connectivity index (χ4v) is 10.9. The molecule has 1 saturated carbocycles. The zero-order chi connectivity index (χ0) is 55.3. The number of amides is 1. The molecule has 18 nitrogen and oxygen atoms in total. The summed E-state index contributed by atoms with van der Waals surface area (Å²) in [5.74, 6) is -10.7. The highest BCUT2D eigenvalue weighted by Crippen LogP contribution is 2.39. The Labute approximate surface area is 438 Å². The Balaban J connectivity index is 1.72.